The topological polar surface area (TPSA) is 29.4 Å². The average Bonchev–Trinajstić information content (AvgIpc) is 2.23. The Labute approximate surface area is 56.7 Å². The number of rotatable bonds is 0. The van der Waals surface area contributed by atoms with Crippen molar-refractivity contribution in [3.8, 4) is 0 Å². The molecule has 1 aliphatic heterocycles. The van der Waals surface area contributed by atoms with Crippen LogP contribution in [0.5, 0.6) is 0 Å². The van der Waals surface area contributed by atoms with E-state index in [0.717, 1.165) is 6.54 Å². The van der Waals surface area contributed by atoms with E-state index in [2.05, 4.69) is 4.99 Å². The van der Waals surface area contributed by atoms with Crippen molar-refractivity contribution >= 4 is 17.3 Å². The van der Waals surface area contributed by atoms with Crippen molar-refractivity contribution < 1.29 is 21.8 Å². The van der Waals surface area contributed by atoms with Crippen molar-refractivity contribution in [3.63, 3.8) is 0 Å². The fourth-order valence-electron chi connectivity index (χ4n) is 0.264. The number of nitrogens with zero attached hydrogens (tertiary/aromatic N) is 1. The predicted molar refractivity (Wildman–Crippen MR) is 26.5 cm³/mol. The average molecular weight is 169 g/mol. The third-order valence-electron chi connectivity index (χ3n) is 0.487. The fraction of sp³-hybridized carbons (Fsp3) is 0.667. The number of thioether (sulfide) groups is 1. The van der Waals surface area contributed by atoms with E-state index in [1.54, 1.807) is 11.8 Å². The molecule has 0 radical (unpaired) electrons. The van der Waals surface area contributed by atoms with E-state index >= 15 is 0 Å². The maximum absolute atomic E-state index is 8.38. The van der Waals surface area contributed by atoms with Gasteiger partial charge < -0.3 is 0 Å². The second kappa shape index (κ2) is 6.44. The summed E-state index contributed by atoms with van der Waals surface area (Å²) >= 11 is 1.91. The second-order valence-electron chi connectivity index (χ2n) is 0.882. The van der Waals surface area contributed by atoms with E-state index in [-0.39, 0.29) is 18.3 Å². The molecule has 0 bridgehead atoms. The quantitative estimate of drug-likeness (QED) is 0.497. The van der Waals surface area contributed by atoms with Gasteiger partial charge in [0.15, 0.2) is 0 Å². The first-order valence-corrected chi connectivity index (χ1v) is 4.15. The van der Waals surface area contributed by atoms with Crippen molar-refractivity contribution in [1.82, 2.24) is 0 Å². The van der Waals surface area contributed by atoms with E-state index in [4.69, 9.17) is 3.57 Å². The number of hydrogen-bond donors (Lipinski definition) is 0. The summed E-state index contributed by atoms with van der Waals surface area (Å²) in [4.78, 5) is 3.92. The summed E-state index contributed by atoms with van der Waals surface area (Å²) in [7, 11) is 0. The Balaban J connectivity index is 0.000000162. The van der Waals surface area contributed by atoms with Gasteiger partial charge in [-0.3, -0.25) is 4.99 Å². The molecular formula is C3H5NOSZn. The molecular weight excluding hydrogens is 163 g/mol. The van der Waals surface area contributed by atoms with E-state index in [1.807, 2.05) is 5.55 Å². The van der Waals surface area contributed by atoms with E-state index in [9.17, 15) is 0 Å². The van der Waals surface area contributed by atoms with Crippen LogP contribution < -0.4 is 0 Å². The van der Waals surface area contributed by atoms with Crippen molar-refractivity contribution in [3.05, 3.63) is 0 Å². The standard InChI is InChI=1S/C3H5NS.O.Zn/c1-2-5-3-4-1;;/h3H,1-2H2;;. The first-order valence-electron chi connectivity index (χ1n) is 1.89. The molecule has 0 atom stereocenters. The van der Waals surface area contributed by atoms with Crippen molar-refractivity contribution in [2.24, 2.45) is 4.99 Å². The second-order valence-corrected chi connectivity index (χ2v) is 1.83. The summed E-state index contributed by atoms with van der Waals surface area (Å²) in [5.74, 6) is 1.19. The molecule has 36 valence electrons. The SMILES string of the molecule is C1=NCCS1.[O]=[Zn]. The van der Waals surface area contributed by atoms with Gasteiger partial charge in [0.1, 0.15) is 0 Å². The van der Waals surface area contributed by atoms with Crippen molar-refractivity contribution in [2.45, 2.75) is 0 Å². The van der Waals surface area contributed by atoms with E-state index in [1.165, 1.54) is 5.75 Å². The summed E-state index contributed by atoms with van der Waals surface area (Å²) < 4.78 is 8.38. The number of aliphatic imine (C=N–C) groups is 1. The Bertz CT molecular complexity index is 62.0. The zero-order valence-electron chi connectivity index (χ0n) is 3.96. The first kappa shape index (κ1) is 7.44. The molecule has 0 aromatic carbocycles. The van der Waals surface area contributed by atoms with Crippen LogP contribution in [0.4, 0.5) is 0 Å². The van der Waals surface area contributed by atoms with Crippen LogP contribution in [-0.2, 0) is 21.8 Å². The Morgan fingerprint density at radius 2 is 2.43 bits per heavy atom. The minimum absolute atomic E-state index is 0.125. The Morgan fingerprint density at radius 1 is 1.71 bits per heavy atom. The Hall–Kier alpha value is 0.443. The van der Waals surface area contributed by atoms with Gasteiger partial charge in [0.2, 0.25) is 0 Å². The molecule has 0 unspecified atom stereocenters. The van der Waals surface area contributed by atoms with Gasteiger partial charge >= 0.3 is 21.8 Å². The third-order valence-corrected chi connectivity index (χ3v) is 1.20. The molecule has 0 aromatic heterocycles. The van der Waals surface area contributed by atoms with Gasteiger partial charge in [-0.25, -0.2) is 0 Å². The van der Waals surface area contributed by atoms with Crippen LogP contribution in [0.15, 0.2) is 4.99 Å². The fourth-order valence-corrected chi connectivity index (χ4v) is 0.791. The van der Waals surface area contributed by atoms with E-state index in [0.29, 0.717) is 0 Å². The summed E-state index contributed by atoms with van der Waals surface area (Å²) in [6, 6.07) is 0. The van der Waals surface area contributed by atoms with Crippen LogP contribution in [0, 0.1) is 0 Å². The normalized spacial score (nSPS) is 15.7. The van der Waals surface area contributed by atoms with Gasteiger partial charge in [0.05, 0.1) is 5.55 Å². The molecule has 0 N–H and O–H groups in total. The van der Waals surface area contributed by atoms with Gasteiger partial charge in [-0.2, -0.15) is 0 Å². The van der Waals surface area contributed by atoms with Gasteiger partial charge in [-0.1, -0.05) is 0 Å². The predicted octanol–water partition coefficient (Wildman–Crippen LogP) is 0.640. The minimum atomic E-state index is 0.125. The monoisotopic (exact) mass is 167 g/mol. The Kier molecular flexibility index (Phi) is 6.85. The van der Waals surface area contributed by atoms with Crippen molar-refractivity contribution in [2.75, 3.05) is 12.3 Å². The molecule has 0 saturated heterocycles. The molecule has 0 spiro atoms. The van der Waals surface area contributed by atoms with Crippen LogP contribution >= 0.6 is 11.8 Å². The molecule has 7 heavy (non-hydrogen) atoms. The molecule has 2 nitrogen and oxygen atoms in total. The molecule has 0 aliphatic carbocycles. The molecule has 0 saturated carbocycles. The maximum atomic E-state index is 8.38. The van der Waals surface area contributed by atoms with Crippen LogP contribution in [0.1, 0.15) is 0 Å². The van der Waals surface area contributed by atoms with Crippen LogP contribution in [0.2, 0.25) is 0 Å². The molecule has 4 heteroatoms. The molecule has 0 aromatic rings. The van der Waals surface area contributed by atoms with Crippen LogP contribution in [0.25, 0.3) is 0 Å². The van der Waals surface area contributed by atoms with Gasteiger partial charge in [-0.15, -0.1) is 11.8 Å². The Morgan fingerprint density at radius 3 is 2.57 bits per heavy atom. The zero-order chi connectivity index (χ0) is 5.54. The summed E-state index contributed by atoms with van der Waals surface area (Å²) in [5, 5.41) is 0. The van der Waals surface area contributed by atoms with Gasteiger partial charge in [-0.05, 0) is 0 Å². The summed E-state index contributed by atoms with van der Waals surface area (Å²) in [6.45, 7) is 1.03. The first-order chi connectivity index (χ1) is 3.50. The third kappa shape index (κ3) is 4.29. The van der Waals surface area contributed by atoms with E-state index < -0.39 is 0 Å². The number of hydrogen-bond acceptors (Lipinski definition) is 3. The molecule has 0 fully saturated rings. The zero-order valence-corrected chi connectivity index (χ0v) is 7.75. The van der Waals surface area contributed by atoms with Crippen molar-refractivity contribution in [1.29, 1.82) is 0 Å². The molecule has 0 amide bonds. The van der Waals surface area contributed by atoms with Gasteiger partial charge in [0, 0.05) is 12.3 Å². The van der Waals surface area contributed by atoms with Crippen LogP contribution in [-0.4, -0.2) is 17.8 Å². The summed E-state index contributed by atoms with van der Waals surface area (Å²) in [6.07, 6.45) is 0. The van der Waals surface area contributed by atoms with Crippen LogP contribution in [0.3, 0.4) is 0 Å². The molecule has 1 heterocycles. The molecule has 1 aliphatic rings. The van der Waals surface area contributed by atoms with Gasteiger partial charge in [0.25, 0.3) is 0 Å². The molecule has 1 rings (SSSR count). The summed E-state index contributed by atoms with van der Waals surface area (Å²) in [5.41, 5.74) is 1.90.